The van der Waals surface area contributed by atoms with Crippen LogP contribution in [0, 0.1) is 17.8 Å². The van der Waals surface area contributed by atoms with Gasteiger partial charge in [-0.2, -0.15) is 0 Å². The van der Waals surface area contributed by atoms with Crippen LogP contribution < -0.4 is 10.6 Å². The molecule has 4 nitrogen and oxygen atoms in total. The Bertz CT molecular complexity index is 367. The van der Waals surface area contributed by atoms with Gasteiger partial charge in [0.05, 0.1) is 18.3 Å². The lowest BCUT2D eigenvalue weighted by Gasteiger charge is -2.45. The Balaban J connectivity index is 2.20. The number of carbonyl (C=O) groups excluding carboxylic acids is 1. The maximum Gasteiger partial charge on any atom is 0.227 e. The Morgan fingerprint density at radius 1 is 1.58 bits per heavy atom. The molecule has 19 heavy (non-hydrogen) atoms. The average molecular weight is 266 g/mol. The summed E-state index contributed by atoms with van der Waals surface area (Å²) in [5.74, 6) is 2.07. The Morgan fingerprint density at radius 3 is 2.89 bits per heavy atom. The first-order chi connectivity index (χ1) is 9.12. The number of amides is 1. The van der Waals surface area contributed by atoms with E-state index in [1.165, 1.54) is 0 Å². The molecule has 0 bridgehead atoms. The molecule has 2 fully saturated rings. The number of nitrogens with one attached hydrogen (secondary N) is 2. The van der Waals surface area contributed by atoms with Crippen molar-refractivity contribution in [2.75, 3.05) is 13.7 Å². The van der Waals surface area contributed by atoms with Gasteiger partial charge in [0.15, 0.2) is 0 Å². The number of hydrogen-bond acceptors (Lipinski definition) is 3. The normalized spacial score (nSPS) is 38.3. The van der Waals surface area contributed by atoms with E-state index in [9.17, 15) is 4.79 Å². The van der Waals surface area contributed by atoms with Crippen molar-refractivity contribution < 1.29 is 9.53 Å². The van der Waals surface area contributed by atoms with E-state index in [2.05, 4.69) is 30.6 Å². The van der Waals surface area contributed by atoms with E-state index < -0.39 is 0 Å². The molecule has 0 radical (unpaired) electrons. The van der Waals surface area contributed by atoms with E-state index >= 15 is 0 Å². The minimum absolute atomic E-state index is 0.0222. The van der Waals surface area contributed by atoms with Crippen LogP contribution in [0.1, 0.15) is 33.6 Å². The van der Waals surface area contributed by atoms with Crippen LogP contribution in [0.5, 0.6) is 0 Å². The molecule has 1 amide bonds. The molecule has 5 atom stereocenters. The molecule has 2 aliphatic heterocycles. The minimum Gasteiger partial charge on any atom is -0.497 e. The van der Waals surface area contributed by atoms with Gasteiger partial charge in [0.2, 0.25) is 5.91 Å². The summed E-state index contributed by atoms with van der Waals surface area (Å²) < 4.78 is 5.78. The molecule has 108 valence electrons. The molecule has 2 aliphatic rings. The van der Waals surface area contributed by atoms with Crippen LogP contribution in [0.15, 0.2) is 11.8 Å². The second-order valence-electron chi connectivity index (χ2n) is 5.72. The van der Waals surface area contributed by atoms with Crippen molar-refractivity contribution in [3.63, 3.8) is 0 Å². The molecule has 0 aliphatic carbocycles. The summed E-state index contributed by atoms with van der Waals surface area (Å²) in [7, 11) is 1.95. The number of ether oxygens (including phenoxy) is 1. The van der Waals surface area contributed by atoms with Gasteiger partial charge in [-0.3, -0.25) is 4.79 Å². The van der Waals surface area contributed by atoms with Gasteiger partial charge in [0, 0.05) is 18.0 Å². The summed E-state index contributed by atoms with van der Waals surface area (Å²) in [6.07, 6.45) is 4.14. The highest BCUT2D eigenvalue weighted by atomic mass is 16.5. The molecule has 0 spiro atoms. The largest absolute Gasteiger partial charge is 0.497 e. The van der Waals surface area contributed by atoms with Crippen LogP contribution in [-0.4, -0.2) is 31.6 Å². The van der Waals surface area contributed by atoms with Gasteiger partial charge in [-0.25, -0.2) is 0 Å². The van der Waals surface area contributed by atoms with E-state index in [0.717, 1.165) is 18.6 Å². The van der Waals surface area contributed by atoms with E-state index in [-0.39, 0.29) is 17.9 Å². The highest BCUT2D eigenvalue weighted by Gasteiger charge is 2.45. The molecule has 4 heteroatoms. The Hall–Kier alpha value is -1.03. The fourth-order valence-electron chi connectivity index (χ4n) is 3.48. The highest BCUT2D eigenvalue weighted by Crippen LogP contribution is 2.41. The van der Waals surface area contributed by atoms with Gasteiger partial charge in [-0.1, -0.05) is 6.92 Å². The van der Waals surface area contributed by atoms with E-state index in [0.29, 0.717) is 24.5 Å². The second-order valence-corrected chi connectivity index (χ2v) is 5.72. The number of hydrogen-bond donors (Lipinski definition) is 2. The lowest BCUT2D eigenvalue weighted by molar-refractivity contribution is -0.137. The van der Waals surface area contributed by atoms with Gasteiger partial charge < -0.3 is 15.4 Å². The lowest BCUT2D eigenvalue weighted by atomic mass is 9.70. The molecule has 2 rings (SSSR count). The summed E-state index contributed by atoms with van der Waals surface area (Å²) in [6, 6.07) is 0.531. The summed E-state index contributed by atoms with van der Waals surface area (Å²) in [5.41, 5.74) is 0. The van der Waals surface area contributed by atoms with Crippen molar-refractivity contribution in [1.29, 1.82) is 0 Å². The van der Waals surface area contributed by atoms with Gasteiger partial charge in [0.25, 0.3) is 0 Å². The molecule has 2 N–H and O–H groups in total. The SMILES string of the molecule is C/C=C1/OCC2C(=O)NC(C(C)NC)CC2[C@H]1CC. The van der Waals surface area contributed by atoms with Crippen LogP contribution in [0.4, 0.5) is 0 Å². The van der Waals surface area contributed by atoms with Crippen LogP contribution >= 0.6 is 0 Å². The van der Waals surface area contributed by atoms with Crippen molar-refractivity contribution >= 4 is 5.91 Å². The number of piperidine rings is 1. The Morgan fingerprint density at radius 2 is 2.32 bits per heavy atom. The van der Waals surface area contributed by atoms with Crippen LogP contribution in [0.25, 0.3) is 0 Å². The van der Waals surface area contributed by atoms with E-state index in [1.807, 2.05) is 14.0 Å². The van der Waals surface area contributed by atoms with Crippen molar-refractivity contribution in [3.05, 3.63) is 11.8 Å². The Labute approximate surface area is 116 Å². The molecule has 2 heterocycles. The van der Waals surface area contributed by atoms with Crippen LogP contribution in [0.3, 0.4) is 0 Å². The standard InChI is InChI=1S/C15H26N2O2/c1-5-10-11-7-13(9(3)16-4)17-15(18)12(11)8-19-14(10)6-2/h6,9-13,16H,5,7-8H2,1-4H3,(H,17,18)/b14-6+/t9?,10-,11?,12?,13?/m1/s1. The zero-order valence-corrected chi connectivity index (χ0v) is 12.4. The quantitative estimate of drug-likeness (QED) is 0.817. The molecule has 4 unspecified atom stereocenters. The first kappa shape index (κ1) is 14.4. The zero-order chi connectivity index (χ0) is 14.0. The van der Waals surface area contributed by atoms with Gasteiger partial charge in [-0.15, -0.1) is 0 Å². The summed E-state index contributed by atoms with van der Waals surface area (Å²) in [6.45, 7) is 6.87. The lowest BCUT2D eigenvalue weighted by Crippen LogP contribution is -2.58. The molecular weight excluding hydrogens is 240 g/mol. The summed E-state index contributed by atoms with van der Waals surface area (Å²) in [5, 5.41) is 6.39. The fourth-order valence-corrected chi connectivity index (χ4v) is 3.48. The second kappa shape index (κ2) is 5.95. The molecule has 2 saturated heterocycles. The number of carbonyl (C=O) groups is 1. The van der Waals surface area contributed by atoms with Crippen LogP contribution in [-0.2, 0) is 9.53 Å². The van der Waals surface area contributed by atoms with Gasteiger partial charge >= 0.3 is 0 Å². The molecule has 0 saturated carbocycles. The minimum atomic E-state index is 0.0222. The molecule has 0 aromatic carbocycles. The molecule has 0 aromatic heterocycles. The highest BCUT2D eigenvalue weighted by molar-refractivity contribution is 5.80. The number of likely N-dealkylation sites (N-methyl/N-ethyl adjacent to an activating group) is 1. The topological polar surface area (TPSA) is 50.4 Å². The smallest absolute Gasteiger partial charge is 0.227 e. The number of rotatable bonds is 3. The predicted octanol–water partition coefficient (Wildman–Crippen LogP) is 1.68. The monoisotopic (exact) mass is 266 g/mol. The average Bonchev–Trinajstić information content (AvgIpc) is 2.44. The third kappa shape index (κ3) is 2.64. The maximum absolute atomic E-state index is 12.3. The van der Waals surface area contributed by atoms with Crippen molar-refractivity contribution in [2.24, 2.45) is 17.8 Å². The molecule has 0 aromatic rings. The van der Waals surface area contributed by atoms with Crippen molar-refractivity contribution in [1.82, 2.24) is 10.6 Å². The Kier molecular flexibility index (Phi) is 4.50. The van der Waals surface area contributed by atoms with Gasteiger partial charge in [-0.05, 0) is 45.7 Å². The van der Waals surface area contributed by atoms with Gasteiger partial charge in [0.1, 0.15) is 0 Å². The van der Waals surface area contributed by atoms with E-state index in [1.54, 1.807) is 0 Å². The fraction of sp³-hybridized carbons (Fsp3) is 0.800. The third-order valence-corrected chi connectivity index (χ3v) is 4.80. The van der Waals surface area contributed by atoms with Crippen molar-refractivity contribution in [2.45, 2.75) is 45.7 Å². The number of fused-ring (bicyclic) bond motifs is 1. The first-order valence-corrected chi connectivity index (χ1v) is 7.39. The zero-order valence-electron chi connectivity index (χ0n) is 12.4. The first-order valence-electron chi connectivity index (χ1n) is 7.39. The van der Waals surface area contributed by atoms with Crippen LogP contribution in [0.2, 0.25) is 0 Å². The third-order valence-electron chi connectivity index (χ3n) is 4.80. The number of allylic oxidation sites excluding steroid dienone is 2. The molecular formula is C15H26N2O2. The predicted molar refractivity (Wildman–Crippen MR) is 75.5 cm³/mol. The maximum atomic E-state index is 12.3. The summed E-state index contributed by atoms with van der Waals surface area (Å²) >= 11 is 0. The van der Waals surface area contributed by atoms with E-state index in [4.69, 9.17) is 4.74 Å². The summed E-state index contributed by atoms with van der Waals surface area (Å²) in [4.78, 5) is 12.3. The van der Waals surface area contributed by atoms with Crippen molar-refractivity contribution in [3.8, 4) is 0 Å².